The number of hydrogen-bond acceptors (Lipinski definition) is 3. The van der Waals surface area contributed by atoms with Gasteiger partial charge in [-0.3, -0.25) is 0 Å². The zero-order valence-corrected chi connectivity index (χ0v) is 9.09. The maximum Gasteiger partial charge on any atom is 0.354 e. The Morgan fingerprint density at radius 3 is 2.67 bits per heavy atom. The van der Waals surface area contributed by atoms with Gasteiger partial charge in [0.2, 0.25) is 0 Å². The average Bonchev–Trinajstić information content (AvgIpc) is 2.15. The van der Waals surface area contributed by atoms with Gasteiger partial charge in [0.15, 0.2) is 5.69 Å². The minimum Gasteiger partial charge on any atom is -0.496 e. The number of methoxy groups -OCH3 is 1. The number of alkyl halides is 2. The average molecular weight is 282 g/mol. The van der Waals surface area contributed by atoms with E-state index in [4.69, 9.17) is 5.11 Å². The number of carboxylic acids is 1. The predicted molar refractivity (Wildman–Crippen MR) is 50.4 cm³/mol. The number of hydrogen-bond donors (Lipinski definition) is 1. The fourth-order valence-corrected chi connectivity index (χ4v) is 1.54. The van der Waals surface area contributed by atoms with E-state index in [1.165, 1.54) is 7.11 Å². The van der Waals surface area contributed by atoms with Crippen molar-refractivity contribution in [2.24, 2.45) is 0 Å². The van der Waals surface area contributed by atoms with Crippen molar-refractivity contribution < 1.29 is 23.4 Å². The largest absolute Gasteiger partial charge is 0.496 e. The number of pyridine rings is 1. The molecule has 0 aliphatic carbocycles. The highest BCUT2D eigenvalue weighted by Crippen LogP contribution is 2.34. The van der Waals surface area contributed by atoms with Crippen LogP contribution in [0.3, 0.4) is 0 Å². The molecule has 7 heteroatoms. The molecule has 1 aromatic rings. The second-order valence-electron chi connectivity index (χ2n) is 2.52. The molecule has 0 aliphatic heterocycles. The minimum absolute atomic E-state index is 0.204. The maximum atomic E-state index is 12.5. The number of aromatic carboxylic acids is 1. The topological polar surface area (TPSA) is 59.4 Å². The summed E-state index contributed by atoms with van der Waals surface area (Å²) in [5, 5.41) is 8.63. The molecule has 0 saturated heterocycles. The van der Waals surface area contributed by atoms with Crippen LogP contribution in [0.4, 0.5) is 8.78 Å². The van der Waals surface area contributed by atoms with E-state index in [9.17, 15) is 13.6 Å². The molecule has 82 valence electrons. The summed E-state index contributed by atoms with van der Waals surface area (Å²) in [5.41, 5.74) is -0.814. The molecule has 4 nitrogen and oxygen atoms in total. The summed E-state index contributed by atoms with van der Waals surface area (Å²) in [7, 11) is 1.18. The molecule has 1 heterocycles. The Hall–Kier alpha value is -1.24. The monoisotopic (exact) mass is 281 g/mol. The molecule has 1 rings (SSSR count). The molecule has 0 aliphatic rings. The smallest absolute Gasteiger partial charge is 0.354 e. The molecule has 0 radical (unpaired) electrons. The van der Waals surface area contributed by atoms with E-state index in [-0.39, 0.29) is 16.0 Å². The summed E-state index contributed by atoms with van der Waals surface area (Å²) in [4.78, 5) is 14.0. The van der Waals surface area contributed by atoms with Crippen molar-refractivity contribution in [1.29, 1.82) is 0 Å². The fraction of sp³-hybridized carbons (Fsp3) is 0.250. The summed E-state index contributed by atoms with van der Waals surface area (Å²) in [6.07, 6.45) is -2.79. The molecule has 0 aromatic carbocycles. The van der Waals surface area contributed by atoms with E-state index in [1.54, 1.807) is 0 Å². The van der Waals surface area contributed by atoms with E-state index < -0.39 is 18.0 Å². The molecule has 0 bridgehead atoms. The van der Waals surface area contributed by atoms with Crippen molar-refractivity contribution in [3.8, 4) is 5.75 Å². The highest BCUT2D eigenvalue weighted by atomic mass is 79.9. The van der Waals surface area contributed by atoms with Crippen LogP contribution >= 0.6 is 15.9 Å². The first-order chi connectivity index (χ1) is 6.97. The SMILES string of the molecule is COc1cc(C(=O)O)nc(Br)c1C(F)F. The molecule has 15 heavy (non-hydrogen) atoms. The molecule has 0 fully saturated rings. The Bertz CT molecular complexity index is 398. The lowest BCUT2D eigenvalue weighted by Crippen LogP contribution is -2.05. The summed E-state index contributed by atoms with van der Waals surface area (Å²) >= 11 is 2.77. The zero-order valence-electron chi connectivity index (χ0n) is 7.50. The van der Waals surface area contributed by atoms with Gasteiger partial charge in [0, 0.05) is 6.07 Å². The first-order valence-corrected chi connectivity index (χ1v) is 4.52. The first-order valence-electron chi connectivity index (χ1n) is 3.73. The lowest BCUT2D eigenvalue weighted by molar-refractivity contribution is 0.0688. The molecule has 0 atom stereocenters. The molecule has 0 spiro atoms. The molecule has 1 N–H and O–H groups in total. The van der Waals surface area contributed by atoms with Crippen LogP contribution in [0.15, 0.2) is 10.7 Å². The minimum atomic E-state index is -2.79. The van der Waals surface area contributed by atoms with E-state index >= 15 is 0 Å². The Morgan fingerprint density at radius 1 is 1.67 bits per heavy atom. The van der Waals surface area contributed by atoms with Gasteiger partial charge in [-0.15, -0.1) is 0 Å². The number of rotatable bonds is 3. The van der Waals surface area contributed by atoms with Gasteiger partial charge >= 0.3 is 5.97 Å². The molecule has 0 saturated carbocycles. The lowest BCUT2D eigenvalue weighted by Gasteiger charge is -2.09. The second kappa shape index (κ2) is 4.52. The summed E-state index contributed by atoms with van der Waals surface area (Å²) in [5.74, 6) is -1.51. The first kappa shape index (κ1) is 11.8. The second-order valence-corrected chi connectivity index (χ2v) is 3.27. The third-order valence-corrected chi connectivity index (χ3v) is 2.24. The quantitative estimate of drug-likeness (QED) is 0.865. The van der Waals surface area contributed by atoms with Crippen LogP contribution in [-0.4, -0.2) is 23.2 Å². The number of ether oxygens (including phenoxy) is 1. The van der Waals surface area contributed by atoms with Crippen LogP contribution in [0.1, 0.15) is 22.5 Å². The Labute approximate surface area is 92.0 Å². The molecule has 0 unspecified atom stereocenters. The summed E-state index contributed by atoms with van der Waals surface area (Å²) < 4.78 is 29.5. The molecular weight excluding hydrogens is 276 g/mol. The number of aromatic nitrogens is 1. The van der Waals surface area contributed by atoms with Crippen molar-refractivity contribution in [3.63, 3.8) is 0 Å². The van der Waals surface area contributed by atoms with Crippen LogP contribution in [-0.2, 0) is 0 Å². The van der Waals surface area contributed by atoms with Crippen molar-refractivity contribution in [2.75, 3.05) is 7.11 Å². The van der Waals surface area contributed by atoms with Crippen LogP contribution in [0.2, 0.25) is 0 Å². The van der Waals surface area contributed by atoms with Crippen molar-refractivity contribution in [3.05, 3.63) is 21.9 Å². The van der Waals surface area contributed by atoms with Gasteiger partial charge in [-0.2, -0.15) is 0 Å². The highest BCUT2D eigenvalue weighted by Gasteiger charge is 2.21. The van der Waals surface area contributed by atoms with Gasteiger partial charge in [-0.25, -0.2) is 18.6 Å². The van der Waals surface area contributed by atoms with Gasteiger partial charge in [-0.05, 0) is 15.9 Å². The zero-order chi connectivity index (χ0) is 11.6. The van der Waals surface area contributed by atoms with Gasteiger partial charge in [0.05, 0.1) is 12.7 Å². The van der Waals surface area contributed by atoms with Crippen molar-refractivity contribution >= 4 is 21.9 Å². The third-order valence-electron chi connectivity index (χ3n) is 1.63. The Balaban J connectivity index is 3.37. The summed E-state index contributed by atoms with van der Waals surface area (Å²) in [6, 6.07) is 0.953. The lowest BCUT2D eigenvalue weighted by atomic mass is 10.2. The number of nitrogens with zero attached hydrogens (tertiary/aromatic N) is 1. The van der Waals surface area contributed by atoms with Gasteiger partial charge < -0.3 is 9.84 Å². The van der Waals surface area contributed by atoms with Gasteiger partial charge in [0.25, 0.3) is 6.43 Å². The van der Waals surface area contributed by atoms with Gasteiger partial charge in [0.1, 0.15) is 10.4 Å². The van der Waals surface area contributed by atoms with E-state index in [1.807, 2.05) is 0 Å². The maximum absolute atomic E-state index is 12.5. The van der Waals surface area contributed by atoms with E-state index in [2.05, 4.69) is 25.7 Å². The predicted octanol–water partition coefficient (Wildman–Crippen LogP) is 2.49. The van der Waals surface area contributed by atoms with Crippen LogP contribution < -0.4 is 4.74 Å². The molecular formula is C8H6BrF2NO3. The highest BCUT2D eigenvalue weighted by molar-refractivity contribution is 9.10. The van der Waals surface area contributed by atoms with Crippen LogP contribution in [0, 0.1) is 0 Å². The van der Waals surface area contributed by atoms with Gasteiger partial charge in [-0.1, -0.05) is 0 Å². The number of carbonyl (C=O) groups is 1. The van der Waals surface area contributed by atoms with Crippen LogP contribution in [0.25, 0.3) is 0 Å². The van der Waals surface area contributed by atoms with Crippen LogP contribution in [0.5, 0.6) is 5.75 Å². The van der Waals surface area contributed by atoms with Crippen molar-refractivity contribution in [2.45, 2.75) is 6.43 Å². The number of halogens is 3. The molecule has 0 amide bonds. The third kappa shape index (κ3) is 2.41. The van der Waals surface area contributed by atoms with E-state index in [0.29, 0.717) is 0 Å². The Morgan fingerprint density at radius 2 is 2.27 bits per heavy atom. The standard InChI is InChI=1S/C8H6BrF2NO3/c1-15-4-2-3(8(13)14)12-6(9)5(4)7(10)11/h2,7H,1H3,(H,13,14). The normalized spacial score (nSPS) is 10.5. The fourth-order valence-electron chi connectivity index (χ4n) is 0.978. The van der Waals surface area contributed by atoms with E-state index in [0.717, 1.165) is 6.07 Å². The Kier molecular flexibility index (Phi) is 3.57. The summed E-state index contributed by atoms with van der Waals surface area (Å²) in [6.45, 7) is 0. The molecule has 1 aromatic heterocycles. The van der Waals surface area contributed by atoms with Crippen molar-refractivity contribution in [1.82, 2.24) is 4.98 Å². The number of carboxylic acid groups (broad SMARTS) is 1.